The molecule has 0 amide bonds. The van der Waals surface area contributed by atoms with Gasteiger partial charge in [-0.05, 0) is 65.3 Å². The molecule has 0 fully saturated rings. The Balaban J connectivity index is 1.84. The third kappa shape index (κ3) is 1.65. The fraction of sp³-hybridized carbons (Fsp3) is 0.174. The standard InChI is InChI=1S/C23H17NO2/c25-13-6-8-14-12(11-13)5-7-17-20(14)22-16(9-10-19(22)26)21-15-3-1-2-4-18(15)24-23(17)21/h1-4,6,8,11,24-25H,5,7,9-10H2. The predicted octanol–water partition coefficient (Wildman–Crippen LogP) is 4.92. The zero-order valence-corrected chi connectivity index (χ0v) is 14.2. The van der Waals surface area contributed by atoms with Crippen LogP contribution in [0.4, 0.5) is 0 Å². The molecule has 2 N–H and O–H groups in total. The molecule has 3 heteroatoms. The number of carbonyl (C=O) groups is 1. The van der Waals surface area contributed by atoms with Gasteiger partial charge in [-0.3, -0.25) is 4.79 Å². The number of hydrogen-bond donors (Lipinski definition) is 2. The number of para-hydroxylation sites is 1. The Morgan fingerprint density at radius 3 is 2.65 bits per heavy atom. The SMILES string of the molecule is O=C1CCc2c1c1c(c3[nH]c4ccccc4c23)CCc2cc(O)ccc2-1. The second-order valence-corrected chi connectivity index (χ2v) is 7.39. The fourth-order valence-electron chi connectivity index (χ4n) is 4.99. The number of H-pyrrole nitrogens is 1. The summed E-state index contributed by atoms with van der Waals surface area (Å²) in [6.45, 7) is 0. The highest BCUT2D eigenvalue weighted by Gasteiger charge is 2.33. The van der Waals surface area contributed by atoms with E-state index < -0.39 is 0 Å². The number of hydrogen-bond acceptors (Lipinski definition) is 2. The normalized spacial score (nSPS) is 15.3. The molecule has 0 unspecified atom stereocenters. The summed E-state index contributed by atoms with van der Waals surface area (Å²) in [6.07, 6.45) is 3.17. The molecule has 0 spiro atoms. The Morgan fingerprint density at radius 2 is 1.73 bits per heavy atom. The van der Waals surface area contributed by atoms with Gasteiger partial charge >= 0.3 is 0 Å². The Morgan fingerprint density at radius 1 is 0.885 bits per heavy atom. The van der Waals surface area contributed by atoms with E-state index in [0.29, 0.717) is 12.2 Å². The first-order valence-corrected chi connectivity index (χ1v) is 9.16. The van der Waals surface area contributed by atoms with Crippen LogP contribution in [0.3, 0.4) is 0 Å². The summed E-state index contributed by atoms with van der Waals surface area (Å²) >= 11 is 0. The predicted molar refractivity (Wildman–Crippen MR) is 103 cm³/mol. The molecule has 1 aromatic heterocycles. The topological polar surface area (TPSA) is 53.1 Å². The van der Waals surface area contributed by atoms with E-state index in [-0.39, 0.29) is 5.78 Å². The van der Waals surface area contributed by atoms with Crippen LogP contribution in [0.25, 0.3) is 32.9 Å². The van der Waals surface area contributed by atoms with Crippen molar-refractivity contribution < 1.29 is 9.90 Å². The van der Waals surface area contributed by atoms with Crippen LogP contribution in [0.1, 0.15) is 33.5 Å². The first kappa shape index (κ1) is 14.1. The maximum absolute atomic E-state index is 12.9. The number of fused-ring (bicyclic) bond motifs is 10. The van der Waals surface area contributed by atoms with E-state index in [1.165, 1.54) is 27.4 Å². The van der Waals surface area contributed by atoms with E-state index in [2.05, 4.69) is 23.2 Å². The summed E-state index contributed by atoms with van der Waals surface area (Å²) in [6, 6.07) is 13.9. The van der Waals surface area contributed by atoms with Crippen molar-refractivity contribution in [2.45, 2.75) is 25.7 Å². The molecule has 6 rings (SSSR count). The van der Waals surface area contributed by atoms with E-state index in [1.807, 2.05) is 18.2 Å². The molecule has 0 radical (unpaired) electrons. The maximum Gasteiger partial charge on any atom is 0.164 e. The summed E-state index contributed by atoms with van der Waals surface area (Å²) < 4.78 is 0. The number of benzene rings is 3. The van der Waals surface area contributed by atoms with Crippen LogP contribution < -0.4 is 0 Å². The molecule has 26 heavy (non-hydrogen) atoms. The lowest BCUT2D eigenvalue weighted by Gasteiger charge is -2.24. The van der Waals surface area contributed by atoms with Crippen molar-refractivity contribution in [2.75, 3.05) is 0 Å². The fourth-order valence-corrected chi connectivity index (χ4v) is 4.99. The molecular weight excluding hydrogens is 322 g/mol. The van der Waals surface area contributed by atoms with Crippen LogP contribution in [-0.2, 0) is 19.3 Å². The number of aromatic nitrogens is 1. The summed E-state index contributed by atoms with van der Waals surface area (Å²) in [5.41, 5.74) is 9.03. The number of phenols is 1. The first-order valence-electron chi connectivity index (χ1n) is 9.16. The van der Waals surface area contributed by atoms with Crippen molar-refractivity contribution in [3.05, 3.63) is 64.7 Å². The molecule has 0 saturated heterocycles. The second-order valence-electron chi connectivity index (χ2n) is 7.39. The molecule has 3 nitrogen and oxygen atoms in total. The number of ketones is 1. The average molecular weight is 339 g/mol. The second kappa shape index (κ2) is 4.76. The van der Waals surface area contributed by atoms with Gasteiger partial charge in [0.25, 0.3) is 0 Å². The molecule has 3 aromatic carbocycles. The number of carbonyl (C=O) groups excluding carboxylic acids is 1. The number of nitrogens with one attached hydrogen (secondary N) is 1. The van der Waals surface area contributed by atoms with Crippen LogP contribution in [0.15, 0.2) is 42.5 Å². The van der Waals surface area contributed by atoms with Crippen molar-refractivity contribution in [3.63, 3.8) is 0 Å². The van der Waals surface area contributed by atoms with E-state index in [9.17, 15) is 9.90 Å². The van der Waals surface area contributed by atoms with Crippen molar-refractivity contribution in [1.29, 1.82) is 0 Å². The number of aryl methyl sites for hydroxylation is 3. The molecule has 0 saturated carbocycles. The maximum atomic E-state index is 12.9. The summed E-state index contributed by atoms with van der Waals surface area (Å²) in [5.74, 6) is 0.547. The monoisotopic (exact) mass is 339 g/mol. The molecule has 4 aromatic rings. The van der Waals surface area contributed by atoms with Gasteiger partial charge in [0, 0.05) is 28.3 Å². The summed E-state index contributed by atoms with van der Waals surface area (Å²) in [4.78, 5) is 16.5. The first-order chi connectivity index (χ1) is 12.7. The van der Waals surface area contributed by atoms with Crippen molar-refractivity contribution in [1.82, 2.24) is 4.98 Å². The average Bonchev–Trinajstić information content (AvgIpc) is 3.22. The van der Waals surface area contributed by atoms with Crippen molar-refractivity contribution in [2.24, 2.45) is 0 Å². The van der Waals surface area contributed by atoms with Crippen LogP contribution >= 0.6 is 0 Å². The lowest BCUT2D eigenvalue weighted by molar-refractivity contribution is 0.0995. The van der Waals surface area contributed by atoms with Gasteiger partial charge in [-0.15, -0.1) is 0 Å². The third-order valence-corrected chi connectivity index (χ3v) is 6.05. The quantitative estimate of drug-likeness (QED) is 0.478. The Bertz CT molecular complexity index is 1260. The molecule has 1 heterocycles. The van der Waals surface area contributed by atoms with Crippen LogP contribution in [-0.4, -0.2) is 15.9 Å². The molecule has 126 valence electrons. The lowest BCUT2D eigenvalue weighted by Crippen LogP contribution is -2.09. The smallest absolute Gasteiger partial charge is 0.164 e. The van der Waals surface area contributed by atoms with Crippen molar-refractivity contribution in [3.8, 4) is 16.9 Å². The van der Waals surface area contributed by atoms with Gasteiger partial charge in [-0.25, -0.2) is 0 Å². The third-order valence-electron chi connectivity index (χ3n) is 6.05. The Labute approximate surface area is 150 Å². The highest BCUT2D eigenvalue weighted by molar-refractivity contribution is 6.19. The van der Waals surface area contributed by atoms with E-state index >= 15 is 0 Å². The van der Waals surface area contributed by atoms with E-state index in [0.717, 1.165) is 47.0 Å². The van der Waals surface area contributed by atoms with Gasteiger partial charge in [-0.1, -0.05) is 24.3 Å². The van der Waals surface area contributed by atoms with Crippen LogP contribution in [0.5, 0.6) is 5.75 Å². The molecule has 2 aliphatic carbocycles. The van der Waals surface area contributed by atoms with E-state index in [1.54, 1.807) is 6.07 Å². The van der Waals surface area contributed by atoms with Gasteiger partial charge in [0.15, 0.2) is 5.78 Å². The minimum Gasteiger partial charge on any atom is -0.508 e. The number of Topliss-reactive ketones (excluding diaryl/α,β-unsaturated/α-hetero) is 1. The Hall–Kier alpha value is -3.07. The van der Waals surface area contributed by atoms with Crippen LogP contribution in [0.2, 0.25) is 0 Å². The zero-order chi connectivity index (χ0) is 17.4. The largest absolute Gasteiger partial charge is 0.508 e. The highest BCUT2D eigenvalue weighted by Crippen LogP contribution is 2.47. The molecule has 2 aliphatic rings. The molecule has 0 bridgehead atoms. The molecule has 0 atom stereocenters. The highest BCUT2D eigenvalue weighted by atomic mass is 16.3. The van der Waals surface area contributed by atoms with Gasteiger partial charge in [0.2, 0.25) is 0 Å². The van der Waals surface area contributed by atoms with Crippen molar-refractivity contribution >= 4 is 27.6 Å². The number of rotatable bonds is 0. The van der Waals surface area contributed by atoms with E-state index in [4.69, 9.17) is 0 Å². The van der Waals surface area contributed by atoms with Gasteiger partial charge in [-0.2, -0.15) is 0 Å². The number of aromatic amines is 1. The number of phenolic OH excluding ortho intramolecular Hbond substituents is 1. The summed E-state index contributed by atoms with van der Waals surface area (Å²) in [5, 5.41) is 12.3. The van der Waals surface area contributed by atoms with Crippen LogP contribution in [0, 0.1) is 0 Å². The minimum atomic E-state index is 0.254. The minimum absolute atomic E-state index is 0.254. The zero-order valence-electron chi connectivity index (χ0n) is 14.2. The molecule has 0 aliphatic heterocycles. The summed E-state index contributed by atoms with van der Waals surface area (Å²) in [7, 11) is 0. The van der Waals surface area contributed by atoms with Gasteiger partial charge < -0.3 is 10.1 Å². The molecular formula is C23H17NO2. The number of aromatic hydroxyl groups is 1. The lowest BCUT2D eigenvalue weighted by atomic mass is 9.80. The van der Waals surface area contributed by atoms with Gasteiger partial charge in [0.05, 0.1) is 5.52 Å². The van der Waals surface area contributed by atoms with Gasteiger partial charge in [0.1, 0.15) is 5.75 Å². The Kier molecular flexibility index (Phi) is 2.59.